The van der Waals surface area contributed by atoms with Gasteiger partial charge in [0.05, 0.1) is 5.69 Å². The molecule has 0 radical (unpaired) electrons. The zero-order valence-corrected chi connectivity index (χ0v) is 14.9. The van der Waals surface area contributed by atoms with Gasteiger partial charge in [-0.2, -0.15) is 0 Å². The van der Waals surface area contributed by atoms with Crippen LogP contribution in [-0.4, -0.2) is 24.6 Å². The van der Waals surface area contributed by atoms with Crippen LogP contribution in [0.2, 0.25) is 0 Å². The third kappa shape index (κ3) is 3.90. The van der Waals surface area contributed by atoms with Crippen LogP contribution in [0.3, 0.4) is 0 Å². The molecule has 2 heterocycles. The van der Waals surface area contributed by atoms with Crippen molar-refractivity contribution < 1.29 is 8.42 Å². The summed E-state index contributed by atoms with van der Waals surface area (Å²) in [5.41, 5.74) is 3.96. The largest absolute Gasteiger partial charge is 0.256 e. The number of aromatic nitrogens is 2. The number of pyridine rings is 2. The lowest BCUT2D eigenvalue weighted by Crippen LogP contribution is -2.02. The fourth-order valence-electron chi connectivity index (χ4n) is 3.08. The van der Waals surface area contributed by atoms with Crippen molar-refractivity contribution in [2.24, 2.45) is 5.92 Å². The first-order chi connectivity index (χ1) is 11.4. The second-order valence-corrected chi connectivity index (χ2v) is 8.47. The molecule has 1 fully saturated rings. The first-order valence-corrected chi connectivity index (χ1v) is 10.1. The predicted molar refractivity (Wildman–Crippen MR) is 95.4 cm³/mol. The first kappa shape index (κ1) is 16.8. The van der Waals surface area contributed by atoms with Crippen LogP contribution in [0.4, 0.5) is 0 Å². The Labute approximate surface area is 143 Å². The molecule has 0 bridgehead atoms. The van der Waals surface area contributed by atoms with Gasteiger partial charge in [0.1, 0.15) is 0 Å². The Hall–Kier alpha value is -2.01. The predicted octanol–water partition coefficient (Wildman–Crippen LogP) is 3.81. The van der Waals surface area contributed by atoms with E-state index < -0.39 is 9.84 Å². The molecular formula is C19H22N2O2S. The lowest BCUT2D eigenvalue weighted by atomic mass is 9.97. The van der Waals surface area contributed by atoms with Gasteiger partial charge in [-0.15, -0.1) is 0 Å². The van der Waals surface area contributed by atoms with E-state index in [4.69, 9.17) is 0 Å². The third-order valence-electron chi connectivity index (χ3n) is 4.42. The fourth-order valence-corrected chi connectivity index (χ4v) is 3.63. The number of aryl methyl sites for hydroxylation is 1. The molecular weight excluding hydrogens is 320 g/mol. The van der Waals surface area contributed by atoms with E-state index in [9.17, 15) is 8.42 Å². The van der Waals surface area contributed by atoms with Crippen molar-refractivity contribution in [3.8, 4) is 0 Å². The number of hydrogen-bond donors (Lipinski definition) is 0. The molecule has 0 spiro atoms. The van der Waals surface area contributed by atoms with Crippen molar-refractivity contribution in [3.05, 3.63) is 59.6 Å². The highest BCUT2D eigenvalue weighted by Crippen LogP contribution is 2.31. The maximum absolute atomic E-state index is 11.6. The quantitative estimate of drug-likeness (QED) is 0.848. The summed E-state index contributed by atoms with van der Waals surface area (Å²) in [5, 5.41) is 0.100. The maximum atomic E-state index is 11.6. The molecule has 4 nitrogen and oxygen atoms in total. The Kier molecular flexibility index (Phi) is 4.81. The lowest BCUT2D eigenvalue weighted by Gasteiger charge is -2.11. The van der Waals surface area contributed by atoms with Crippen LogP contribution in [0.15, 0.2) is 47.8 Å². The standard InChI is InChI=1S/C19H22N2O2S/c1-14-7-9-18(20-12-14)17(11-15-5-3-4-6-15)16-8-10-19(21-13-16)24(2,22)23/h7-13,15H,3-6H2,1-2H3/b17-11+. The van der Waals surface area contributed by atoms with E-state index in [1.807, 2.05) is 31.3 Å². The van der Waals surface area contributed by atoms with Crippen LogP contribution in [0.25, 0.3) is 5.57 Å². The SMILES string of the molecule is Cc1ccc(/C(=C/C2CCCC2)c2ccc(S(C)(=O)=O)nc2)nc1. The van der Waals surface area contributed by atoms with Gasteiger partial charge in [-0.25, -0.2) is 13.4 Å². The molecule has 0 atom stereocenters. The lowest BCUT2D eigenvalue weighted by molar-refractivity contribution is 0.598. The minimum atomic E-state index is -3.28. The number of allylic oxidation sites excluding steroid dienone is 1. The fraction of sp³-hybridized carbons (Fsp3) is 0.368. The van der Waals surface area contributed by atoms with Crippen LogP contribution in [0.5, 0.6) is 0 Å². The molecule has 0 saturated heterocycles. The Balaban J connectivity index is 2.02. The van der Waals surface area contributed by atoms with Crippen LogP contribution in [-0.2, 0) is 9.84 Å². The topological polar surface area (TPSA) is 59.9 Å². The van der Waals surface area contributed by atoms with Gasteiger partial charge >= 0.3 is 0 Å². The normalized spacial score (nSPS) is 16.5. The Morgan fingerprint density at radius 1 is 1.08 bits per heavy atom. The summed E-state index contributed by atoms with van der Waals surface area (Å²) in [6.45, 7) is 2.01. The highest BCUT2D eigenvalue weighted by Gasteiger charge is 2.17. The zero-order chi connectivity index (χ0) is 17.2. The molecule has 3 rings (SSSR count). The van der Waals surface area contributed by atoms with E-state index in [2.05, 4.69) is 16.0 Å². The Morgan fingerprint density at radius 2 is 1.83 bits per heavy atom. The van der Waals surface area contributed by atoms with E-state index in [1.165, 1.54) is 31.9 Å². The summed E-state index contributed by atoms with van der Waals surface area (Å²) < 4.78 is 23.2. The van der Waals surface area contributed by atoms with Gasteiger partial charge in [0.15, 0.2) is 14.9 Å². The molecule has 1 saturated carbocycles. The average Bonchev–Trinajstić information content (AvgIpc) is 3.06. The molecule has 2 aromatic rings. The maximum Gasteiger partial charge on any atom is 0.192 e. The van der Waals surface area contributed by atoms with Crippen LogP contribution < -0.4 is 0 Å². The summed E-state index contributed by atoms with van der Waals surface area (Å²) in [5.74, 6) is 0.553. The highest BCUT2D eigenvalue weighted by atomic mass is 32.2. The molecule has 2 aromatic heterocycles. The van der Waals surface area contributed by atoms with Crippen LogP contribution >= 0.6 is 0 Å². The van der Waals surface area contributed by atoms with E-state index in [1.54, 1.807) is 12.3 Å². The van der Waals surface area contributed by atoms with Gasteiger partial charge in [0.2, 0.25) is 0 Å². The molecule has 0 unspecified atom stereocenters. The van der Waals surface area contributed by atoms with Gasteiger partial charge in [-0.1, -0.05) is 25.0 Å². The molecule has 5 heteroatoms. The van der Waals surface area contributed by atoms with Crippen LogP contribution in [0.1, 0.15) is 42.5 Å². The van der Waals surface area contributed by atoms with E-state index in [0.29, 0.717) is 5.92 Å². The number of sulfone groups is 1. The number of hydrogen-bond acceptors (Lipinski definition) is 4. The molecule has 1 aliphatic rings. The van der Waals surface area contributed by atoms with Gasteiger partial charge in [-0.05, 0) is 49.4 Å². The minimum Gasteiger partial charge on any atom is -0.256 e. The molecule has 0 N–H and O–H groups in total. The second-order valence-electron chi connectivity index (χ2n) is 6.50. The average molecular weight is 342 g/mol. The van der Waals surface area contributed by atoms with Gasteiger partial charge < -0.3 is 0 Å². The van der Waals surface area contributed by atoms with Crippen molar-refractivity contribution >= 4 is 15.4 Å². The summed E-state index contributed by atoms with van der Waals surface area (Å²) in [6, 6.07) is 7.46. The first-order valence-electron chi connectivity index (χ1n) is 8.25. The van der Waals surface area contributed by atoms with Crippen molar-refractivity contribution in [2.75, 3.05) is 6.26 Å². The zero-order valence-electron chi connectivity index (χ0n) is 14.1. The molecule has 24 heavy (non-hydrogen) atoms. The van der Waals surface area contributed by atoms with Crippen molar-refractivity contribution in [1.82, 2.24) is 9.97 Å². The Morgan fingerprint density at radius 3 is 2.38 bits per heavy atom. The van der Waals surface area contributed by atoms with Crippen molar-refractivity contribution in [2.45, 2.75) is 37.6 Å². The van der Waals surface area contributed by atoms with E-state index in [0.717, 1.165) is 22.4 Å². The summed E-state index contributed by atoms with van der Waals surface area (Å²) in [7, 11) is -3.28. The number of nitrogens with zero attached hydrogens (tertiary/aromatic N) is 2. The van der Waals surface area contributed by atoms with Crippen molar-refractivity contribution in [1.29, 1.82) is 0 Å². The summed E-state index contributed by atoms with van der Waals surface area (Å²) >= 11 is 0. The molecule has 126 valence electrons. The number of rotatable bonds is 4. The highest BCUT2D eigenvalue weighted by molar-refractivity contribution is 7.90. The van der Waals surface area contributed by atoms with E-state index >= 15 is 0 Å². The van der Waals surface area contributed by atoms with Gasteiger partial charge in [0, 0.05) is 29.8 Å². The molecule has 1 aliphatic carbocycles. The second kappa shape index (κ2) is 6.85. The molecule has 0 aromatic carbocycles. The van der Waals surface area contributed by atoms with Gasteiger partial charge in [-0.3, -0.25) is 4.98 Å². The molecule has 0 amide bonds. The minimum absolute atomic E-state index is 0.100. The smallest absolute Gasteiger partial charge is 0.192 e. The summed E-state index contributed by atoms with van der Waals surface area (Å²) in [4.78, 5) is 8.69. The third-order valence-corrected chi connectivity index (χ3v) is 5.42. The summed E-state index contributed by atoms with van der Waals surface area (Å²) in [6.07, 6.45) is 11.9. The van der Waals surface area contributed by atoms with Crippen LogP contribution in [0, 0.1) is 12.8 Å². The monoisotopic (exact) mass is 342 g/mol. The Bertz CT molecular complexity index is 832. The van der Waals surface area contributed by atoms with Crippen molar-refractivity contribution in [3.63, 3.8) is 0 Å². The van der Waals surface area contributed by atoms with Gasteiger partial charge in [0.25, 0.3) is 0 Å². The molecule has 0 aliphatic heterocycles. The van der Waals surface area contributed by atoms with E-state index in [-0.39, 0.29) is 5.03 Å².